The first-order chi connectivity index (χ1) is 15.3. The van der Waals surface area contributed by atoms with Crippen molar-refractivity contribution in [2.75, 3.05) is 31.5 Å². The van der Waals surface area contributed by atoms with E-state index in [1.165, 1.54) is 0 Å². The molecule has 32 heavy (non-hydrogen) atoms. The number of carbonyl (C=O) groups is 4. The van der Waals surface area contributed by atoms with E-state index in [-0.39, 0.29) is 36.2 Å². The van der Waals surface area contributed by atoms with Crippen LogP contribution < -0.4 is 16.0 Å². The van der Waals surface area contributed by atoms with Crippen LogP contribution in [-0.2, 0) is 9.59 Å². The van der Waals surface area contributed by atoms with E-state index in [0.29, 0.717) is 19.6 Å². The van der Waals surface area contributed by atoms with E-state index in [0.717, 1.165) is 41.8 Å². The van der Waals surface area contributed by atoms with Crippen LogP contribution in [0.1, 0.15) is 38.2 Å². The number of hydrogen-bond donors (Lipinski definition) is 3. The molecule has 3 aliphatic rings. The molecular weight excluding hydrogens is 410 g/mol. The molecule has 9 heteroatoms. The predicted octanol–water partition coefficient (Wildman–Crippen LogP) is 2.08. The maximum Gasteiger partial charge on any atom is 0.325 e. The molecule has 2 saturated heterocycles. The van der Waals surface area contributed by atoms with E-state index in [1.807, 2.05) is 31.2 Å². The maximum atomic E-state index is 12.8. The van der Waals surface area contributed by atoms with Gasteiger partial charge < -0.3 is 20.9 Å². The summed E-state index contributed by atoms with van der Waals surface area (Å²) in [5.41, 5.74) is 0.963. The molecule has 1 aromatic rings. The van der Waals surface area contributed by atoms with Crippen LogP contribution in [0.4, 0.5) is 15.3 Å². The number of nitrogens with one attached hydrogen (secondary N) is 3. The number of likely N-dealkylation sites (tertiary alicyclic amines) is 1. The molecule has 172 valence electrons. The topological polar surface area (TPSA) is 111 Å². The Morgan fingerprint density at radius 2 is 1.88 bits per heavy atom. The number of benzene rings is 1. The lowest BCUT2D eigenvalue weighted by atomic mass is 9.96. The van der Waals surface area contributed by atoms with Gasteiger partial charge in [0, 0.05) is 25.3 Å². The van der Waals surface area contributed by atoms with Crippen molar-refractivity contribution in [1.29, 1.82) is 0 Å². The lowest BCUT2D eigenvalue weighted by Gasteiger charge is -2.33. The Bertz CT molecular complexity index is 913. The number of aryl methyl sites for hydroxylation is 1. The lowest BCUT2D eigenvalue weighted by molar-refractivity contribution is -0.140. The number of imide groups is 1. The number of hydrogen-bond acceptors (Lipinski definition) is 4. The molecule has 0 radical (unpaired) electrons. The fourth-order valence-electron chi connectivity index (χ4n) is 4.54. The van der Waals surface area contributed by atoms with Crippen molar-refractivity contribution in [2.45, 2.75) is 45.1 Å². The second-order valence-electron chi connectivity index (χ2n) is 9.35. The quantitative estimate of drug-likeness (QED) is 0.587. The third-order valence-electron chi connectivity index (χ3n) is 6.72. The molecule has 2 unspecified atom stereocenters. The first-order valence-corrected chi connectivity index (χ1v) is 11.3. The Morgan fingerprint density at radius 1 is 1.16 bits per heavy atom. The molecule has 0 bridgehead atoms. The van der Waals surface area contributed by atoms with Crippen LogP contribution in [-0.4, -0.2) is 65.4 Å². The van der Waals surface area contributed by atoms with Gasteiger partial charge in [-0.2, -0.15) is 0 Å². The lowest BCUT2D eigenvalue weighted by Crippen LogP contribution is -2.49. The monoisotopic (exact) mass is 441 g/mol. The molecule has 3 fully saturated rings. The van der Waals surface area contributed by atoms with E-state index in [4.69, 9.17) is 0 Å². The Labute approximate surface area is 187 Å². The fraction of sp³-hybridized carbons (Fsp3) is 0.565. The predicted molar refractivity (Wildman–Crippen MR) is 119 cm³/mol. The Kier molecular flexibility index (Phi) is 6.08. The summed E-state index contributed by atoms with van der Waals surface area (Å²) >= 11 is 0. The van der Waals surface area contributed by atoms with Crippen molar-refractivity contribution in [3.8, 4) is 0 Å². The number of nitrogens with zero attached hydrogens (tertiary/aromatic N) is 2. The van der Waals surface area contributed by atoms with Crippen molar-refractivity contribution in [1.82, 2.24) is 20.4 Å². The molecule has 0 aromatic heterocycles. The van der Waals surface area contributed by atoms with Gasteiger partial charge in [-0.3, -0.25) is 14.5 Å². The van der Waals surface area contributed by atoms with E-state index in [9.17, 15) is 19.2 Å². The number of carbonyl (C=O) groups excluding carboxylic acids is 4. The molecular formula is C23H31N5O4. The van der Waals surface area contributed by atoms with Gasteiger partial charge in [-0.15, -0.1) is 0 Å². The molecule has 3 N–H and O–H groups in total. The van der Waals surface area contributed by atoms with E-state index in [1.54, 1.807) is 11.8 Å². The molecule has 2 aliphatic heterocycles. The summed E-state index contributed by atoms with van der Waals surface area (Å²) in [7, 11) is 0. The Hall–Kier alpha value is -3.10. The second kappa shape index (κ2) is 8.80. The molecule has 0 spiro atoms. The van der Waals surface area contributed by atoms with Crippen LogP contribution in [0, 0.1) is 18.8 Å². The first-order valence-electron chi connectivity index (χ1n) is 11.3. The molecule has 9 nitrogen and oxygen atoms in total. The third-order valence-corrected chi connectivity index (χ3v) is 6.72. The van der Waals surface area contributed by atoms with Crippen molar-refractivity contribution in [3.63, 3.8) is 0 Å². The minimum Gasteiger partial charge on any atom is -0.341 e. The first kappa shape index (κ1) is 22.1. The molecule has 1 saturated carbocycles. The number of urea groups is 2. The maximum absolute atomic E-state index is 12.8. The van der Waals surface area contributed by atoms with Crippen LogP contribution in [0.15, 0.2) is 24.3 Å². The minimum absolute atomic E-state index is 0.122. The SMILES string of the molecule is Cc1ccc(NC(=O)NCC2CCCN(C(=O)CN3C(=O)NC(C)(C4CC4)C3=O)C2)cc1. The summed E-state index contributed by atoms with van der Waals surface area (Å²) in [5.74, 6) is -0.254. The van der Waals surface area contributed by atoms with Gasteiger partial charge in [0.2, 0.25) is 5.91 Å². The fourth-order valence-corrected chi connectivity index (χ4v) is 4.54. The van der Waals surface area contributed by atoms with Crippen molar-refractivity contribution in [2.24, 2.45) is 11.8 Å². The largest absolute Gasteiger partial charge is 0.341 e. The van der Waals surface area contributed by atoms with Gasteiger partial charge in [0.05, 0.1) is 0 Å². The zero-order chi connectivity index (χ0) is 22.9. The van der Waals surface area contributed by atoms with E-state index >= 15 is 0 Å². The average Bonchev–Trinajstić information content (AvgIpc) is 3.60. The number of piperidine rings is 1. The van der Waals surface area contributed by atoms with Crippen LogP contribution in [0.2, 0.25) is 0 Å². The van der Waals surface area contributed by atoms with Gasteiger partial charge >= 0.3 is 12.1 Å². The van der Waals surface area contributed by atoms with Crippen LogP contribution >= 0.6 is 0 Å². The number of rotatable bonds is 6. The minimum atomic E-state index is -0.878. The molecule has 6 amide bonds. The Morgan fingerprint density at radius 3 is 2.56 bits per heavy atom. The van der Waals surface area contributed by atoms with E-state index < -0.39 is 11.6 Å². The van der Waals surface area contributed by atoms with Gasteiger partial charge in [-0.05, 0) is 63.5 Å². The van der Waals surface area contributed by atoms with Gasteiger partial charge in [0.25, 0.3) is 5.91 Å². The summed E-state index contributed by atoms with van der Waals surface area (Å²) in [4.78, 5) is 52.9. The van der Waals surface area contributed by atoms with Crippen molar-refractivity contribution < 1.29 is 19.2 Å². The summed E-state index contributed by atoms with van der Waals surface area (Å²) < 4.78 is 0. The third kappa shape index (κ3) is 4.71. The zero-order valence-electron chi connectivity index (χ0n) is 18.6. The average molecular weight is 442 g/mol. The molecule has 1 aromatic carbocycles. The van der Waals surface area contributed by atoms with Crippen LogP contribution in [0.5, 0.6) is 0 Å². The summed E-state index contributed by atoms with van der Waals surface area (Å²) in [6.07, 6.45) is 3.56. The van der Waals surface area contributed by atoms with Crippen LogP contribution in [0.3, 0.4) is 0 Å². The second-order valence-corrected chi connectivity index (χ2v) is 9.35. The molecule has 4 rings (SSSR count). The van der Waals surface area contributed by atoms with Crippen molar-refractivity contribution in [3.05, 3.63) is 29.8 Å². The standard InChI is InChI=1S/C23H31N5O4/c1-15-5-9-18(10-6-15)25-21(31)24-12-16-4-3-11-27(13-16)19(29)14-28-20(30)23(2,17-7-8-17)26-22(28)32/h5-6,9-10,16-17H,3-4,7-8,11-14H2,1-2H3,(H,26,32)(H2,24,25,31). The van der Waals surface area contributed by atoms with Gasteiger partial charge in [-0.1, -0.05) is 17.7 Å². The highest BCUT2D eigenvalue weighted by molar-refractivity contribution is 6.09. The van der Waals surface area contributed by atoms with Gasteiger partial charge in [0.15, 0.2) is 0 Å². The molecule has 1 aliphatic carbocycles. The van der Waals surface area contributed by atoms with Gasteiger partial charge in [-0.25, -0.2) is 9.59 Å². The molecule has 2 atom stereocenters. The smallest absolute Gasteiger partial charge is 0.325 e. The summed E-state index contributed by atoms with van der Waals surface area (Å²) in [5, 5.41) is 8.46. The summed E-state index contributed by atoms with van der Waals surface area (Å²) in [6.45, 7) is 5.03. The van der Waals surface area contributed by atoms with Crippen molar-refractivity contribution >= 4 is 29.6 Å². The van der Waals surface area contributed by atoms with E-state index in [2.05, 4.69) is 16.0 Å². The molecule has 2 heterocycles. The number of amides is 6. The zero-order valence-corrected chi connectivity index (χ0v) is 18.6. The van der Waals surface area contributed by atoms with Crippen LogP contribution in [0.25, 0.3) is 0 Å². The summed E-state index contributed by atoms with van der Waals surface area (Å²) in [6, 6.07) is 6.79. The normalized spacial score (nSPS) is 25.5. The highest BCUT2D eigenvalue weighted by Crippen LogP contribution is 2.42. The number of anilines is 1. The Balaban J connectivity index is 1.25. The van der Waals surface area contributed by atoms with Gasteiger partial charge in [0.1, 0.15) is 12.1 Å². The highest BCUT2D eigenvalue weighted by Gasteiger charge is 2.56. The highest BCUT2D eigenvalue weighted by atomic mass is 16.2.